The van der Waals surface area contributed by atoms with Crippen LogP contribution in [0.25, 0.3) is 16.7 Å². The molecule has 0 aliphatic carbocycles. The monoisotopic (exact) mass is 466 g/mol. The molecule has 2 aromatic heterocycles. The minimum atomic E-state index is -0.102. The van der Waals surface area contributed by atoms with Gasteiger partial charge in [-0.2, -0.15) is 5.10 Å². The van der Waals surface area contributed by atoms with Crippen LogP contribution in [-0.4, -0.2) is 20.7 Å². The van der Waals surface area contributed by atoms with E-state index < -0.39 is 0 Å². The number of rotatable bonds is 5. The average molecular weight is 467 g/mol. The van der Waals surface area contributed by atoms with E-state index in [0.29, 0.717) is 28.6 Å². The zero-order valence-corrected chi connectivity index (χ0v) is 20.0. The van der Waals surface area contributed by atoms with Crippen LogP contribution < -0.4 is 5.32 Å². The number of anilines is 1. The normalized spacial score (nSPS) is 11.2. The van der Waals surface area contributed by atoms with E-state index >= 15 is 0 Å². The van der Waals surface area contributed by atoms with E-state index in [2.05, 4.69) is 31.3 Å². The average Bonchev–Trinajstić information content (AvgIpc) is 3.03. The van der Waals surface area contributed by atoms with E-state index in [1.165, 1.54) is 5.56 Å². The first-order valence-electron chi connectivity index (χ1n) is 10.4. The highest BCUT2D eigenvalue weighted by atomic mass is 35.5. The van der Waals surface area contributed by atoms with Crippen LogP contribution in [0.5, 0.6) is 0 Å². The van der Waals surface area contributed by atoms with Crippen molar-refractivity contribution in [3.8, 4) is 5.69 Å². The van der Waals surface area contributed by atoms with Gasteiger partial charge < -0.3 is 5.32 Å². The van der Waals surface area contributed by atoms with E-state index in [0.717, 1.165) is 39.2 Å². The highest BCUT2D eigenvalue weighted by Crippen LogP contribution is 2.29. The third kappa shape index (κ3) is 4.50. The van der Waals surface area contributed by atoms with Crippen LogP contribution in [-0.2, 0) is 11.2 Å². The van der Waals surface area contributed by atoms with E-state index in [9.17, 15) is 4.79 Å². The number of nitrogens with one attached hydrogen (secondary N) is 1. The molecule has 4 aromatic rings. The Balaban J connectivity index is 1.60. The number of hydrogen-bond acceptors (Lipinski definition) is 3. The van der Waals surface area contributed by atoms with Crippen LogP contribution in [0.1, 0.15) is 34.5 Å². The second-order valence-electron chi connectivity index (χ2n) is 8.04. The fraction of sp³-hybridized carbons (Fsp3) is 0.240. The summed E-state index contributed by atoms with van der Waals surface area (Å²) in [6.45, 7) is 8.12. The van der Waals surface area contributed by atoms with Crippen LogP contribution in [0.3, 0.4) is 0 Å². The zero-order chi connectivity index (χ0) is 23.0. The van der Waals surface area contributed by atoms with E-state index in [1.807, 2.05) is 30.7 Å². The van der Waals surface area contributed by atoms with Crippen molar-refractivity contribution in [2.24, 2.45) is 0 Å². The Labute approximate surface area is 197 Å². The Kier molecular flexibility index (Phi) is 6.22. The SMILES string of the molecule is Cc1ccc(-n2nc(C)c3c(C)c(CCC(=O)Nc4cc(Cl)cc(Cl)c4)c(C)nc32)cc1. The van der Waals surface area contributed by atoms with Gasteiger partial charge in [-0.25, -0.2) is 9.67 Å². The van der Waals surface area contributed by atoms with Crippen LogP contribution in [0, 0.1) is 27.7 Å². The summed E-state index contributed by atoms with van der Waals surface area (Å²) < 4.78 is 1.89. The molecule has 0 aliphatic rings. The summed E-state index contributed by atoms with van der Waals surface area (Å²) in [7, 11) is 0. The van der Waals surface area contributed by atoms with Gasteiger partial charge in [0.15, 0.2) is 5.65 Å². The Morgan fingerprint density at radius 1 is 0.969 bits per heavy atom. The lowest BCUT2D eigenvalue weighted by molar-refractivity contribution is -0.116. The molecule has 0 aliphatic heterocycles. The topological polar surface area (TPSA) is 59.8 Å². The van der Waals surface area contributed by atoms with Crippen LogP contribution in [0.2, 0.25) is 10.0 Å². The van der Waals surface area contributed by atoms with E-state index in [-0.39, 0.29) is 5.91 Å². The molecule has 0 bridgehead atoms. The number of aryl methyl sites for hydroxylation is 4. The molecular weight excluding hydrogens is 443 g/mol. The van der Waals surface area contributed by atoms with Crippen molar-refractivity contribution in [3.63, 3.8) is 0 Å². The minimum Gasteiger partial charge on any atom is -0.326 e. The number of benzene rings is 2. The van der Waals surface area contributed by atoms with Crippen LogP contribution in [0.15, 0.2) is 42.5 Å². The molecular formula is C25H24Cl2N4O. The third-order valence-corrected chi connectivity index (χ3v) is 6.04. The van der Waals surface area contributed by atoms with Gasteiger partial charge in [-0.05, 0) is 75.6 Å². The van der Waals surface area contributed by atoms with Gasteiger partial charge in [-0.1, -0.05) is 40.9 Å². The Morgan fingerprint density at radius 2 is 1.62 bits per heavy atom. The predicted octanol–water partition coefficient (Wildman–Crippen LogP) is 6.53. The van der Waals surface area contributed by atoms with Crippen molar-refractivity contribution >= 4 is 45.8 Å². The molecule has 1 N–H and O–H groups in total. The van der Waals surface area contributed by atoms with Gasteiger partial charge in [-0.15, -0.1) is 0 Å². The maximum absolute atomic E-state index is 12.5. The highest BCUT2D eigenvalue weighted by Gasteiger charge is 2.18. The minimum absolute atomic E-state index is 0.102. The summed E-state index contributed by atoms with van der Waals surface area (Å²) in [5.41, 5.74) is 7.61. The molecule has 0 spiro atoms. The molecule has 0 radical (unpaired) electrons. The molecule has 0 saturated heterocycles. The number of aromatic nitrogens is 3. The highest BCUT2D eigenvalue weighted by molar-refractivity contribution is 6.35. The maximum atomic E-state index is 12.5. The number of fused-ring (bicyclic) bond motifs is 1. The molecule has 0 atom stereocenters. The number of carbonyl (C=O) groups excluding carboxylic acids is 1. The van der Waals surface area contributed by atoms with Crippen molar-refractivity contribution in [1.82, 2.24) is 14.8 Å². The van der Waals surface area contributed by atoms with Gasteiger partial charge in [0.05, 0.1) is 11.4 Å². The Bertz CT molecular complexity index is 1310. The number of carbonyl (C=O) groups is 1. The van der Waals surface area contributed by atoms with Crippen molar-refractivity contribution in [2.45, 2.75) is 40.5 Å². The first kappa shape index (κ1) is 22.3. The Morgan fingerprint density at radius 3 is 2.28 bits per heavy atom. The van der Waals surface area contributed by atoms with Gasteiger partial charge in [-0.3, -0.25) is 4.79 Å². The summed E-state index contributed by atoms with van der Waals surface area (Å²) in [6.07, 6.45) is 0.903. The predicted molar refractivity (Wildman–Crippen MR) is 131 cm³/mol. The van der Waals surface area contributed by atoms with E-state index in [1.54, 1.807) is 18.2 Å². The standard InChI is InChI=1S/C25H24Cl2N4O/c1-14-5-7-21(8-6-14)31-25-24(17(4)30-31)15(2)22(16(3)28-25)9-10-23(32)29-20-12-18(26)11-19(27)13-20/h5-8,11-13H,9-10H2,1-4H3,(H,29,32). The first-order chi connectivity index (χ1) is 15.2. The quantitative estimate of drug-likeness (QED) is 0.363. The van der Waals surface area contributed by atoms with Crippen LogP contribution in [0.4, 0.5) is 5.69 Å². The molecule has 164 valence electrons. The number of nitrogens with zero attached hydrogens (tertiary/aromatic N) is 3. The largest absolute Gasteiger partial charge is 0.326 e. The first-order valence-corrected chi connectivity index (χ1v) is 11.2. The van der Waals surface area contributed by atoms with E-state index in [4.69, 9.17) is 33.3 Å². The van der Waals surface area contributed by atoms with Crippen LogP contribution >= 0.6 is 23.2 Å². The lowest BCUT2D eigenvalue weighted by atomic mass is 9.99. The maximum Gasteiger partial charge on any atom is 0.224 e. The summed E-state index contributed by atoms with van der Waals surface area (Å²) in [5.74, 6) is -0.102. The fourth-order valence-electron chi connectivity index (χ4n) is 4.03. The van der Waals surface area contributed by atoms with Gasteiger partial charge in [0.25, 0.3) is 0 Å². The molecule has 4 rings (SSSR count). The van der Waals surface area contributed by atoms with Crippen molar-refractivity contribution in [2.75, 3.05) is 5.32 Å². The molecule has 0 fully saturated rings. The summed E-state index contributed by atoms with van der Waals surface area (Å²) >= 11 is 12.0. The summed E-state index contributed by atoms with van der Waals surface area (Å²) in [6, 6.07) is 13.2. The summed E-state index contributed by atoms with van der Waals surface area (Å²) in [4.78, 5) is 17.4. The van der Waals surface area contributed by atoms with Crippen molar-refractivity contribution in [3.05, 3.63) is 80.6 Å². The molecule has 0 unspecified atom stereocenters. The lowest BCUT2D eigenvalue weighted by Gasteiger charge is -2.12. The lowest BCUT2D eigenvalue weighted by Crippen LogP contribution is -2.13. The van der Waals surface area contributed by atoms with Crippen molar-refractivity contribution < 1.29 is 4.79 Å². The molecule has 32 heavy (non-hydrogen) atoms. The number of pyridine rings is 1. The molecule has 7 heteroatoms. The second kappa shape index (κ2) is 8.93. The van der Waals surface area contributed by atoms with Crippen molar-refractivity contribution in [1.29, 1.82) is 0 Å². The fourth-order valence-corrected chi connectivity index (χ4v) is 4.55. The molecule has 1 amide bonds. The molecule has 5 nitrogen and oxygen atoms in total. The summed E-state index contributed by atoms with van der Waals surface area (Å²) in [5, 5.41) is 9.62. The number of halogens is 2. The molecule has 2 heterocycles. The Hall–Kier alpha value is -2.89. The number of amides is 1. The van der Waals surface area contributed by atoms with Gasteiger partial charge in [0, 0.05) is 33.2 Å². The van der Waals surface area contributed by atoms with Gasteiger partial charge in [0.1, 0.15) is 0 Å². The third-order valence-electron chi connectivity index (χ3n) is 5.60. The second-order valence-corrected chi connectivity index (χ2v) is 8.91. The zero-order valence-electron chi connectivity index (χ0n) is 18.5. The van der Waals surface area contributed by atoms with Gasteiger partial charge >= 0.3 is 0 Å². The smallest absolute Gasteiger partial charge is 0.224 e. The molecule has 2 aromatic carbocycles. The number of hydrogen-bond donors (Lipinski definition) is 1. The van der Waals surface area contributed by atoms with Gasteiger partial charge in [0.2, 0.25) is 5.91 Å². The molecule has 0 saturated carbocycles.